The van der Waals surface area contributed by atoms with Crippen LogP contribution in [0.5, 0.6) is 0 Å². The highest BCUT2D eigenvalue weighted by molar-refractivity contribution is 5.78. The van der Waals surface area contributed by atoms with E-state index >= 15 is 0 Å². The van der Waals surface area contributed by atoms with E-state index in [2.05, 4.69) is 11.4 Å². The van der Waals surface area contributed by atoms with Gasteiger partial charge in [0, 0.05) is 5.39 Å². The lowest BCUT2D eigenvalue weighted by Gasteiger charge is -2.25. The lowest BCUT2D eigenvalue weighted by molar-refractivity contribution is 0.101. The third-order valence-electron chi connectivity index (χ3n) is 3.11. The molecule has 1 aromatic heterocycles. The molecule has 1 aromatic carbocycles. The Morgan fingerprint density at radius 2 is 1.94 bits per heavy atom. The molecule has 2 rings (SSSR count). The van der Waals surface area contributed by atoms with Crippen LogP contribution in [-0.2, 0) is 6.54 Å². The predicted octanol–water partition coefficient (Wildman–Crippen LogP) is 1.57. The van der Waals surface area contributed by atoms with Crippen LogP contribution in [0, 0.1) is 6.92 Å². The zero-order chi connectivity index (χ0) is 13.2. The summed E-state index contributed by atoms with van der Waals surface area (Å²) in [4.78, 5) is 0. The monoisotopic (exact) mass is 249 g/mol. The van der Waals surface area contributed by atoms with Gasteiger partial charge in [0.05, 0.1) is 25.3 Å². The average Bonchev–Trinajstić information content (AvgIpc) is 2.78. The summed E-state index contributed by atoms with van der Waals surface area (Å²) < 4.78 is 5.68. The van der Waals surface area contributed by atoms with E-state index in [0.29, 0.717) is 6.54 Å². The van der Waals surface area contributed by atoms with Crippen LogP contribution in [0.3, 0.4) is 0 Å². The highest BCUT2D eigenvalue weighted by Gasteiger charge is 2.21. The molecule has 0 fully saturated rings. The van der Waals surface area contributed by atoms with Gasteiger partial charge in [0.25, 0.3) is 0 Å². The molecule has 0 bridgehead atoms. The van der Waals surface area contributed by atoms with E-state index in [0.717, 1.165) is 16.7 Å². The Kier molecular flexibility index (Phi) is 3.71. The Morgan fingerprint density at radius 1 is 1.22 bits per heavy atom. The zero-order valence-corrected chi connectivity index (χ0v) is 10.7. The first kappa shape index (κ1) is 13.1. The van der Waals surface area contributed by atoms with E-state index in [4.69, 9.17) is 4.42 Å². The minimum atomic E-state index is -0.686. The number of nitrogens with one attached hydrogen (secondary N) is 1. The number of fused-ring (bicyclic) bond motifs is 1. The van der Waals surface area contributed by atoms with Crippen LogP contribution < -0.4 is 5.32 Å². The van der Waals surface area contributed by atoms with E-state index < -0.39 is 5.54 Å². The Morgan fingerprint density at radius 3 is 2.61 bits per heavy atom. The molecule has 4 nitrogen and oxygen atoms in total. The smallest absolute Gasteiger partial charge is 0.134 e. The normalized spacial score (nSPS) is 12.2. The first-order valence-corrected chi connectivity index (χ1v) is 6.02. The molecule has 2 aromatic rings. The molecular weight excluding hydrogens is 230 g/mol. The third kappa shape index (κ3) is 2.72. The largest absolute Gasteiger partial charge is 0.460 e. The van der Waals surface area contributed by atoms with Gasteiger partial charge >= 0.3 is 0 Å². The summed E-state index contributed by atoms with van der Waals surface area (Å²) in [5.74, 6) is 0.795. The van der Waals surface area contributed by atoms with Crippen molar-refractivity contribution in [2.24, 2.45) is 0 Å². The number of rotatable bonds is 5. The number of aliphatic hydroxyl groups is 2. The lowest BCUT2D eigenvalue weighted by atomic mass is 10.1. The average molecular weight is 249 g/mol. The molecule has 1 heterocycles. The van der Waals surface area contributed by atoms with Gasteiger partial charge in [-0.1, -0.05) is 11.6 Å². The molecule has 4 heteroatoms. The minimum Gasteiger partial charge on any atom is -0.460 e. The molecule has 98 valence electrons. The Balaban J connectivity index is 2.13. The maximum Gasteiger partial charge on any atom is 0.134 e. The second-order valence-electron chi connectivity index (χ2n) is 4.98. The Bertz CT molecular complexity index is 529. The summed E-state index contributed by atoms with van der Waals surface area (Å²) in [6, 6.07) is 8.00. The van der Waals surface area contributed by atoms with Crippen molar-refractivity contribution in [3.63, 3.8) is 0 Å². The highest BCUT2D eigenvalue weighted by atomic mass is 16.3. The number of hydrogen-bond donors (Lipinski definition) is 3. The molecule has 3 N–H and O–H groups in total. The first-order valence-electron chi connectivity index (χ1n) is 6.02. The molecule has 18 heavy (non-hydrogen) atoms. The van der Waals surface area contributed by atoms with Gasteiger partial charge in [-0.2, -0.15) is 0 Å². The van der Waals surface area contributed by atoms with Crippen LogP contribution in [0.15, 0.2) is 28.7 Å². The molecule has 0 saturated carbocycles. The van der Waals surface area contributed by atoms with Gasteiger partial charge in [-0.3, -0.25) is 0 Å². The lowest BCUT2D eigenvalue weighted by Crippen LogP contribution is -2.48. The molecule has 0 unspecified atom stereocenters. The summed E-state index contributed by atoms with van der Waals surface area (Å²) in [7, 11) is 0. The van der Waals surface area contributed by atoms with Crippen molar-refractivity contribution >= 4 is 11.0 Å². The van der Waals surface area contributed by atoms with E-state index in [9.17, 15) is 10.2 Å². The van der Waals surface area contributed by atoms with Crippen LogP contribution in [0.1, 0.15) is 18.2 Å². The van der Waals surface area contributed by atoms with Crippen molar-refractivity contribution in [2.45, 2.75) is 25.9 Å². The van der Waals surface area contributed by atoms with Crippen molar-refractivity contribution in [3.05, 3.63) is 35.6 Å². The maximum absolute atomic E-state index is 9.19. The first-order chi connectivity index (χ1) is 8.56. The molecule has 0 atom stereocenters. The van der Waals surface area contributed by atoms with Crippen molar-refractivity contribution < 1.29 is 14.6 Å². The Labute approximate surface area is 106 Å². The number of hydrogen-bond acceptors (Lipinski definition) is 4. The second kappa shape index (κ2) is 5.10. The molecule has 0 radical (unpaired) electrons. The fraction of sp³-hybridized carbons (Fsp3) is 0.429. The van der Waals surface area contributed by atoms with Crippen molar-refractivity contribution in [1.82, 2.24) is 5.32 Å². The molecule has 0 saturated heterocycles. The SMILES string of the molecule is Cc1ccc2oc(CNC(C)(CO)CO)cc2c1. The minimum absolute atomic E-state index is 0.122. The topological polar surface area (TPSA) is 65.6 Å². The van der Waals surface area contributed by atoms with E-state index in [1.54, 1.807) is 6.92 Å². The number of benzene rings is 1. The van der Waals surface area contributed by atoms with Gasteiger partial charge in [-0.25, -0.2) is 0 Å². The van der Waals surface area contributed by atoms with Crippen LogP contribution in [0.2, 0.25) is 0 Å². The summed E-state index contributed by atoms with van der Waals surface area (Å²) in [5, 5.41) is 22.5. The van der Waals surface area contributed by atoms with Gasteiger partial charge in [-0.15, -0.1) is 0 Å². The summed E-state index contributed by atoms with van der Waals surface area (Å²) in [5.41, 5.74) is 1.36. The zero-order valence-electron chi connectivity index (χ0n) is 10.7. The molecule has 0 spiro atoms. The molecular formula is C14H19NO3. The highest BCUT2D eigenvalue weighted by Crippen LogP contribution is 2.20. The van der Waals surface area contributed by atoms with Crippen molar-refractivity contribution in [2.75, 3.05) is 13.2 Å². The van der Waals surface area contributed by atoms with E-state index in [-0.39, 0.29) is 13.2 Å². The number of aryl methyl sites for hydroxylation is 1. The van der Waals surface area contributed by atoms with Crippen LogP contribution in [-0.4, -0.2) is 29.0 Å². The van der Waals surface area contributed by atoms with Crippen LogP contribution >= 0.6 is 0 Å². The third-order valence-corrected chi connectivity index (χ3v) is 3.11. The molecule has 0 aliphatic carbocycles. The fourth-order valence-corrected chi connectivity index (χ4v) is 1.77. The standard InChI is InChI=1S/C14H19NO3/c1-10-3-4-13-11(5-10)6-12(18-13)7-15-14(2,8-16)9-17/h3-6,15-17H,7-9H2,1-2H3. The maximum atomic E-state index is 9.19. The van der Waals surface area contributed by atoms with Gasteiger partial charge < -0.3 is 19.9 Å². The van der Waals surface area contributed by atoms with Gasteiger partial charge in [0.2, 0.25) is 0 Å². The van der Waals surface area contributed by atoms with Gasteiger partial charge in [0.15, 0.2) is 0 Å². The number of aliphatic hydroxyl groups excluding tert-OH is 2. The van der Waals surface area contributed by atoms with E-state index in [1.807, 2.05) is 25.1 Å². The van der Waals surface area contributed by atoms with Gasteiger partial charge in [-0.05, 0) is 32.0 Å². The molecule has 0 aliphatic rings. The quantitative estimate of drug-likeness (QED) is 0.752. The molecule has 0 amide bonds. The van der Waals surface area contributed by atoms with Crippen molar-refractivity contribution in [1.29, 1.82) is 0 Å². The van der Waals surface area contributed by atoms with Gasteiger partial charge in [0.1, 0.15) is 11.3 Å². The predicted molar refractivity (Wildman–Crippen MR) is 70.4 cm³/mol. The van der Waals surface area contributed by atoms with E-state index in [1.165, 1.54) is 5.56 Å². The fourth-order valence-electron chi connectivity index (χ4n) is 1.77. The Hall–Kier alpha value is -1.36. The van der Waals surface area contributed by atoms with Crippen molar-refractivity contribution in [3.8, 4) is 0 Å². The van der Waals surface area contributed by atoms with Crippen LogP contribution in [0.4, 0.5) is 0 Å². The summed E-state index contributed by atoms with van der Waals surface area (Å²) >= 11 is 0. The molecule has 0 aliphatic heterocycles. The van der Waals surface area contributed by atoms with Crippen LogP contribution in [0.25, 0.3) is 11.0 Å². The number of furan rings is 1. The summed E-state index contributed by atoms with van der Waals surface area (Å²) in [6.45, 7) is 4.04. The second-order valence-corrected chi connectivity index (χ2v) is 4.98. The summed E-state index contributed by atoms with van der Waals surface area (Å²) in [6.07, 6.45) is 0.